The lowest BCUT2D eigenvalue weighted by Gasteiger charge is -2.22. The van der Waals surface area contributed by atoms with Crippen LogP contribution < -0.4 is 10.2 Å². The van der Waals surface area contributed by atoms with Gasteiger partial charge < -0.3 is 15.0 Å². The second kappa shape index (κ2) is 4.23. The third-order valence-electron chi connectivity index (χ3n) is 4.12. The molecule has 0 fully saturated rings. The number of carbonyl (C=O) groups excluding carboxylic acids is 1. The van der Waals surface area contributed by atoms with Crippen LogP contribution in [0.2, 0.25) is 0 Å². The van der Waals surface area contributed by atoms with Crippen molar-refractivity contribution < 1.29 is 9.53 Å². The molecule has 0 amide bonds. The maximum Gasteiger partial charge on any atom is 0.338 e. The predicted molar refractivity (Wildman–Crippen MR) is 74.7 cm³/mol. The molecular weight excluding hydrogens is 240 g/mol. The highest BCUT2D eigenvalue weighted by Crippen LogP contribution is 2.45. The Kier molecular flexibility index (Phi) is 2.78. The van der Waals surface area contributed by atoms with E-state index in [0.29, 0.717) is 0 Å². The van der Waals surface area contributed by atoms with Gasteiger partial charge in [-0.2, -0.15) is 0 Å². The van der Waals surface area contributed by atoms with E-state index < -0.39 is 0 Å². The van der Waals surface area contributed by atoms with Crippen molar-refractivity contribution in [2.75, 3.05) is 31.6 Å². The van der Waals surface area contributed by atoms with E-state index in [1.807, 2.05) is 6.07 Å². The van der Waals surface area contributed by atoms with Crippen LogP contribution in [0.15, 0.2) is 12.1 Å². The fourth-order valence-electron chi connectivity index (χ4n) is 3.37. The Morgan fingerprint density at radius 3 is 2.95 bits per heavy atom. The molecule has 0 aliphatic carbocycles. The summed E-state index contributed by atoms with van der Waals surface area (Å²) in [5.41, 5.74) is 4.39. The minimum atomic E-state index is -0.232. The van der Waals surface area contributed by atoms with Gasteiger partial charge in [0.1, 0.15) is 0 Å². The standard InChI is InChI=1S/C15H20N2O2/c1-15(2)9-17-7-6-16-8-10-4-5-11(14(18)19-3)12(15)13(10)17/h4-5,16H,6-9H2,1-3H3. The van der Waals surface area contributed by atoms with Gasteiger partial charge in [0.25, 0.3) is 0 Å². The number of hydrogen-bond donors (Lipinski definition) is 1. The van der Waals surface area contributed by atoms with Crippen LogP contribution in [0.25, 0.3) is 0 Å². The summed E-state index contributed by atoms with van der Waals surface area (Å²) in [6, 6.07) is 3.97. The first-order valence-electron chi connectivity index (χ1n) is 6.75. The summed E-state index contributed by atoms with van der Waals surface area (Å²) in [5.74, 6) is -0.232. The Labute approximate surface area is 113 Å². The van der Waals surface area contributed by atoms with Gasteiger partial charge in [-0.25, -0.2) is 4.79 Å². The Hall–Kier alpha value is -1.55. The largest absolute Gasteiger partial charge is 0.465 e. The molecule has 19 heavy (non-hydrogen) atoms. The minimum Gasteiger partial charge on any atom is -0.465 e. The zero-order valence-electron chi connectivity index (χ0n) is 11.7. The Balaban J connectivity index is 2.24. The molecule has 102 valence electrons. The number of rotatable bonds is 1. The van der Waals surface area contributed by atoms with E-state index in [1.54, 1.807) is 0 Å². The zero-order chi connectivity index (χ0) is 13.6. The summed E-state index contributed by atoms with van der Waals surface area (Å²) in [4.78, 5) is 14.4. The number of esters is 1. The van der Waals surface area contributed by atoms with Gasteiger partial charge in [-0.15, -0.1) is 0 Å². The lowest BCUT2D eigenvalue weighted by atomic mass is 9.82. The van der Waals surface area contributed by atoms with E-state index in [-0.39, 0.29) is 11.4 Å². The number of nitrogens with zero attached hydrogens (tertiary/aromatic N) is 1. The molecule has 2 heterocycles. The number of benzene rings is 1. The molecule has 0 spiro atoms. The van der Waals surface area contributed by atoms with Gasteiger partial charge in [-0.3, -0.25) is 0 Å². The quantitative estimate of drug-likeness (QED) is 0.780. The summed E-state index contributed by atoms with van der Waals surface area (Å²) in [5, 5.41) is 3.43. The van der Waals surface area contributed by atoms with Crippen LogP contribution in [0.5, 0.6) is 0 Å². The van der Waals surface area contributed by atoms with Gasteiger partial charge in [-0.05, 0) is 17.2 Å². The van der Waals surface area contributed by atoms with E-state index in [2.05, 4.69) is 30.1 Å². The van der Waals surface area contributed by atoms with Crippen molar-refractivity contribution in [1.82, 2.24) is 5.32 Å². The van der Waals surface area contributed by atoms with Crippen molar-refractivity contribution in [2.24, 2.45) is 0 Å². The number of ether oxygens (including phenoxy) is 1. The molecular formula is C15H20N2O2. The van der Waals surface area contributed by atoms with Crippen molar-refractivity contribution in [3.63, 3.8) is 0 Å². The lowest BCUT2D eigenvalue weighted by molar-refractivity contribution is 0.0598. The molecule has 0 radical (unpaired) electrons. The molecule has 1 aromatic carbocycles. The number of carbonyl (C=O) groups is 1. The Morgan fingerprint density at radius 1 is 1.42 bits per heavy atom. The number of methoxy groups -OCH3 is 1. The molecule has 1 aromatic rings. The Bertz CT molecular complexity index is 537. The third kappa shape index (κ3) is 1.82. The van der Waals surface area contributed by atoms with Crippen LogP contribution in [0.1, 0.15) is 35.3 Å². The molecule has 3 rings (SSSR count). The van der Waals surface area contributed by atoms with Gasteiger partial charge in [0.05, 0.1) is 12.7 Å². The predicted octanol–water partition coefficient (Wildman–Crippen LogP) is 1.67. The van der Waals surface area contributed by atoms with Crippen molar-refractivity contribution in [3.8, 4) is 0 Å². The van der Waals surface area contributed by atoms with Crippen molar-refractivity contribution >= 4 is 11.7 Å². The number of hydrogen-bond acceptors (Lipinski definition) is 4. The fraction of sp³-hybridized carbons (Fsp3) is 0.533. The van der Waals surface area contributed by atoms with Crippen LogP contribution in [0, 0.1) is 0 Å². The average molecular weight is 260 g/mol. The molecule has 0 atom stereocenters. The van der Waals surface area contributed by atoms with Crippen LogP contribution in [-0.2, 0) is 16.7 Å². The van der Waals surface area contributed by atoms with Gasteiger partial charge >= 0.3 is 5.97 Å². The monoisotopic (exact) mass is 260 g/mol. The average Bonchev–Trinajstić information content (AvgIpc) is 2.54. The van der Waals surface area contributed by atoms with Crippen LogP contribution in [0.4, 0.5) is 5.69 Å². The summed E-state index contributed by atoms with van der Waals surface area (Å²) < 4.78 is 4.94. The third-order valence-corrected chi connectivity index (χ3v) is 4.12. The highest BCUT2D eigenvalue weighted by molar-refractivity contribution is 5.95. The van der Waals surface area contributed by atoms with Gasteiger partial charge in [0, 0.05) is 37.3 Å². The zero-order valence-corrected chi connectivity index (χ0v) is 11.7. The van der Waals surface area contributed by atoms with E-state index in [1.165, 1.54) is 18.4 Å². The maximum absolute atomic E-state index is 12.0. The second-order valence-electron chi connectivity index (χ2n) is 5.97. The minimum absolute atomic E-state index is 0.00773. The van der Waals surface area contributed by atoms with E-state index in [0.717, 1.165) is 37.3 Å². The summed E-state index contributed by atoms with van der Waals surface area (Å²) in [6.07, 6.45) is 0. The first-order chi connectivity index (χ1) is 9.04. The molecule has 1 N–H and O–H groups in total. The summed E-state index contributed by atoms with van der Waals surface area (Å²) >= 11 is 0. The molecule has 0 saturated carbocycles. The second-order valence-corrected chi connectivity index (χ2v) is 5.97. The molecule has 0 unspecified atom stereocenters. The van der Waals surface area contributed by atoms with Gasteiger partial charge in [0.2, 0.25) is 0 Å². The molecule has 0 aromatic heterocycles. The molecule has 4 nitrogen and oxygen atoms in total. The van der Waals surface area contributed by atoms with Crippen LogP contribution in [0.3, 0.4) is 0 Å². The SMILES string of the molecule is COC(=O)c1ccc2c3c1C(C)(C)CN3CCNC2. The first kappa shape index (κ1) is 12.5. The van der Waals surface area contributed by atoms with E-state index in [4.69, 9.17) is 4.74 Å². The molecule has 2 aliphatic rings. The highest BCUT2D eigenvalue weighted by Gasteiger charge is 2.40. The normalized spacial score (nSPS) is 19.8. The maximum atomic E-state index is 12.0. The molecule has 2 aliphatic heterocycles. The van der Waals surface area contributed by atoms with Crippen LogP contribution >= 0.6 is 0 Å². The van der Waals surface area contributed by atoms with Crippen molar-refractivity contribution in [2.45, 2.75) is 25.8 Å². The van der Waals surface area contributed by atoms with Crippen molar-refractivity contribution in [3.05, 3.63) is 28.8 Å². The lowest BCUT2D eigenvalue weighted by Crippen LogP contribution is -2.32. The van der Waals surface area contributed by atoms with Crippen LogP contribution in [-0.4, -0.2) is 32.7 Å². The van der Waals surface area contributed by atoms with Crippen molar-refractivity contribution in [1.29, 1.82) is 0 Å². The topological polar surface area (TPSA) is 41.6 Å². The fourth-order valence-corrected chi connectivity index (χ4v) is 3.37. The highest BCUT2D eigenvalue weighted by atomic mass is 16.5. The molecule has 4 heteroatoms. The van der Waals surface area contributed by atoms with Gasteiger partial charge in [-0.1, -0.05) is 19.9 Å². The summed E-state index contributed by atoms with van der Waals surface area (Å²) in [6.45, 7) is 8.22. The number of nitrogens with one attached hydrogen (secondary N) is 1. The Morgan fingerprint density at radius 2 is 2.21 bits per heavy atom. The smallest absolute Gasteiger partial charge is 0.338 e. The molecule has 0 saturated heterocycles. The van der Waals surface area contributed by atoms with E-state index in [9.17, 15) is 4.79 Å². The van der Waals surface area contributed by atoms with Gasteiger partial charge in [0.15, 0.2) is 0 Å². The first-order valence-corrected chi connectivity index (χ1v) is 6.75. The van der Waals surface area contributed by atoms with E-state index >= 15 is 0 Å². The number of anilines is 1. The molecule has 0 bridgehead atoms. The summed E-state index contributed by atoms with van der Waals surface area (Å²) in [7, 11) is 1.45.